The van der Waals surface area contributed by atoms with Gasteiger partial charge < -0.3 is 5.11 Å². The van der Waals surface area contributed by atoms with Crippen LogP contribution in [-0.2, 0) is 21.4 Å². The van der Waals surface area contributed by atoms with E-state index in [1.165, 1.54) is 7.05 Å². The van der Waals surface area contributed by atoms with Gasteiger partial charge in [0.1, 0.15) is 0 Å². The first-order valence-corrected chi connectivity index (χ1v) is 7.54. The second-order valence-corrected chi connectivity index (χ2v) is 7.14. The Morgan fingerprint density at radius 2 is 2.00 bits per heavy atom. The van der Waals surface area contributed by atoms with Crippen LogP contribution in [0.3, 0.4) is 0 Å². The lowest BCUT2D eigenvalue weighted by Gasteiger charge is -2.20. The molecule has 0 radical (unpaired) electrons. The van der Waals surface area contributed by atoms with Crippen LogP contribution in [0.4, 0.5) is 0 Å². The lowest BCUT2D eigenvalue weighted by molar-refractivity contribution is -0.136. The minimum atomic E-state index is -3.93. The van der Waals surface area contributed by atoms with E-state index < -0.39 is 21.2 Å². The molecule has 19 heavy (non-hydrogen) atoms. The van der Waals surface area contributed by atoms with Gasteiger partial charge in [-0.2, -0.15) is 4.31 Å². The number of hydrogen-bond donors (Lipinski definition) is 1. The van der Waals surface area contributed by atoms with Gasteiger partial charge in [0.05, 0.1) is 10.0 Å². The Kier molecular flexibility index (Phi) is 5.20. The maximum Gasteiger partial charge on any atom is 0.323 e. The predicted molar refractivity (Wildman–Crippen MR) is 73.9 cm³/mol. The number of carboxylic acids is 1. The van der Waals surface area contributed by atoms with Gasteiger partial charge >= 0.3 is 5.97 Å². The van der Waals surface area contributed by atoms with Crippen molar-refractivity contribution in [2.75, 3.05) is 7.05 Å². The molecular formula is C11H13Cl2NO4S. The summed E-state index contributed by atoms with van der Waals surface area (Å²) in [4.78, 5) is 10.8. The van der Waals surface area contributed by atoms with Crippen molar-refractivity contribution in [3.63, 3.8) is 0 Å². The zero-order chi connectivity index (χ0) is 14.8. The Bertz CT molecular complexity index is 588. The Morgan fingerprint density at radius 1 is 1.42 bits per heavy atom. The van der Waals surface area contributed by atoms with E-state index in [-0.39, 0.29) is 11.6 Å². The molecule has 1 N–H and O–H groups in total. The molecule has 1 rings (SSSR count). The van der Waals surface area contributed by atoms with Crippen molar-refractivity contribution in [3.8, 4) is 0 Å². The van der Waals surface area contributed by atoms with Crippen molar-refractivity contribution in [2.24, 2.45) is 0 Å². The fraction of sp³-hybridized carbons (Fsp3) is 0.364. The second kappa shape index (κ2) is 6.09. The second-order valence-electron chi connectivity index (χ2n) is 3.99. The summed E-state index contributed by atoms with van der Waals surface area (Å²) in [6, 6.07) is 4.86. The number of rotatable bonds is 5. The van der Waals surface area contributed by atoms with Crippen molar-refractivity contribution in [1.29, 1.82) is 0 Å². The van der Waals surface area contributed by atoms with Crippen LogP contribution in [0.25, 0.3) is 0 Å². The average molecular weight is 326 g/mol. The van der Waals surface area contributed by atoms with Crippen molar-refractivity contribution >= 4 is 39.2 Å². The van der Waals surface area contributed by atoms with E-state index in [9.17, 15) is 13.2 Å². The zero-order valence-electron chi connectivity index (χ0n) is 10.3. The van der Waals surface area contributed by atoms with E-state index in [4.69, 9.17) is 28.3 Å². The van der Waals surface area contributed by atoms with Gasteiger partial charge in [-0.15, -0.1) is 0 Å². The van der Waals surface area contributed by atoms with Crippen LogP contribution in [-0.4, -0.2) is 36.1 Å². The molecule has 0 aliphatic heterocycles. The fourth-order valence-corrected chi connectivity index (χ4v) is 2.89. The topological polar surface area (TPSA) is 74.7 Å². The summed E-state index contributed by atoms with van der Waals surface area (Å²) in [7, 11) is -2.64. The fourth-order valence-electron chi connectivity index (χ4n) is 1.40. The average Bonchev–Trinajstić information content (AvgIpc) is 2.33. The summed E-state index contributed by atoms with van der Waals surface area (Å²) in [6.45, 7) is 1.08. The van der Waals surface area contributed by atoms with Gasteiger partial charge in [-0.05, 0) is 18.6 Å². The van der Waals surface area contributed by atoms with Crippen LogP contribution < -0.4 is 0 Å². The minimum absolute atomic E-state index is 0.0423. The lowest BCUT2D eigenvalue weighted by Crippen LogP contribution is -2.38. The highest BCUT2D eigenvalue weighted by Gasteiger charge is 2.31. The van der Waals surface area contributed by atoms with Crippen molar-refractivity contribution in [3.05, 3.63) is 33.8 Å². The standard InChI is InChI=1S/C11H13Cl2NO4S/c1-7(11(15)16)19(17,18)14(2)6-8-4-3-5-9(12)10(8)13/h3-5,7H,6H2,1-2H3,(H,15,16). The molecule has 0 aliphatic rings. The molecule has 5 nitrogen and oxygen atoms in total. The number of aliphatic carboxylic acids is 1. The first-order chi connectivity index (χ1) is 8.67. The van der Waals surface area contributed by atoms with Crippen LogP contribution in [0, 0.1) is 0 Å². The first kappa shape index (κ1) is 16.2. The lowest BCUT2D eigenvalue weighted by atomic mass is 10.2. The van der Waals surface area contributed by atoms with Gasteiger partial charge in [0, 0.05) is 13.6 Å². The van der Waals surface area contributed by atoms with E-state index in [0.717, 1.165) is 11.2 Å². The third kappa shape index (κ3) is 3.60. The monoisotopic (exact) mass is 325 g/mol. The third-order valence-corrected chi connectivity index (χ3v) is 5.60. The van der Waals surface area contributed by atoms with E-state index in [2.05, 4.69) is 0 Å². The van der Waals surface area contributed by atoms with Gasteiger partial charge in [0.15, 0.2) is 5.25 Å². The van der Waals surface area contributed by atoms with Gasteiger partial charge in [-0.3, -0.25) is 4.79 Å². The maximum absolute atomic E-state index is 11.9. The largest absolute Gasteiger partial charge is 0.480 e. The normalized spacial score (nSPS) is 13.5. The Balaban J connectivity index is 3.00. The molecule has 0 heterocycles. The molecule has 8 heteroatoms. The van der Waals surface area contributed by atoms with E-state index >= 15 is 0 Å². The molecule has 0 aliphatic carbocycles. The van der Waals surface area contributed by atoms with E-state index in [1.54, 1.807) is 18.2 Å². The highest BCUT2D eigenvalue weighted by molar-refractivity contribution is 7.90. The number of sulfonamides is 1. The molecule has 0 spiro atoms. The summed E-state index contributed by atoms with van der Waals surface area (Å²) in [5.41, 5.74) is 0.512. The quantitative estimate of drug-likeness (QED) is 0.900. The molecule has 1 atom stereocenters. The van der Waals surface area contributed by atoms with Crippen LogP contribution >= 0.6 is 23.2 Å². The third-order valence-electron chi connectivity index (χ3n) is 2.65. The van der Waals surface area contributed by atoms with Crippen molar-refractivity contribution < 1.29 is 18.3 Å². The van der Waals surface area contributed by atoms with Gasteiger partial charge in [0.2, 0.25) is 10.0 Å². The molecule has 0 saturated heterocycles. The van der Waals surface area contributed by atoms with E-state index in [0.29, 0.717) is 10.6 Å². The molecule has 1 aromatic carbocycles. The SMILES string of the molecule is CC(C(=O)O)S(=O)(=O)N(C)Cc1cccc(Cl)c1Cl. The molecular weight excluding hydrogens is 313 g/mol. The van der Waals surface area contributed by atoms with Crippen LogP contribution in [0.5, 0.6) is 0 Å². The summed E-state index contributed by atoms with van der Waals surface area (Å²) in [5.74, 6) is -1.40. The van der Waals surface area contributed by atoms with Crippen molar-refractivity contribution in [2.45, 2.75) is 18.7 Å². The molecule has 0 fully saturated rings. The highest BCUT2D eigenvalue weighted by atomic mass is 35.5. The Morgan fingerprint density at radius 3 is 2.53 bits per heavy atom. The number of carbonyl (C=O) groups is 1. The minimum Gasteiger partial charge on any atom is -0.480 e. The Labute approximate surface area is 121 Å². The molecule has 0 amide bonds. The number of benzene rings is 1. The smallest absolute Gasteiger partial charge is 0.323 e. The van der Waals surface area contributed by atoms with Crippen LogP contribution in [0.2, 0.25) is 10.0 Å². The van der Waals surface area contributed by atoms with Gasteiger partial charge in [-0.1, -0.05) is 35.3 Å². The number of nitrogens with zero attached hydrogens (tertiary/aromatic N) is 1. The van der Waals surface area contributed by atoms with E-state index in [1.807, 2.05) is 0 Å². The maximum atomic E-state index is 11.9. The molecule has 0 aromatic heterocycles. The summed E-state index contributed by atoms with van der Waals surface area (Å²) in [5, 5.41) is 7.83. The highest BCUT2D eigenvalue weighted by Crippen LogP contribution is 2.27. The molecule has 0 saturated carbocycles. The molecule has 1 unspecified atom stereocenters. The van der Waals surface area contributed by atoms with Gasteiger partial charge in [-0.25, -0.2) is 8.42 Å². The predicted octanol–water partition coefficient (Wildman–Crippen LogP) is 2.23. The number of hydrogen-bond acceptors (Lipinski definition) is 3. The summed E-state index contributed by atoms with van der Waals surface area (Å²) in [6.07, 6.45) is 0. The Hall–Kier alpha value is -0.820. The molecule has 1 aromatic rings. The van der Waals surface area contributed by atoms with Gasteiger partial charge in [0.25, 0.3) is 0 Å². The number of halogens is 2. The molecule has 106 valence electrons. The first-order valence-electron chi connectivity index (χ1n) is 5.28. The number of carboxylic acid groups (broad SMARTS) is 1. The summed E-state index contributed by atoms with van der Waals surface area (Å²) >= 11 is 11.8. The van der Waals surface area contributed by atoms with Crippen molar-refractivity contribution in [1.82, 2.24) is 4.31 Å². The zero-order valence-corrected chi connectivity index (χ0v) is 12.6. The molecule has 0 bridgehead atoms. The van der Waals surface area contributed by atoms with Crippen LogP contribution in [0.1, 0.15) is 12.5 Å². The van der Waals surface area contributed by atoms with Crippen LogP contribution in [0.15, 0.2) is 18.2 Å². The summed E-state index contributed by atoms with van der Waals surface area (Å²) < 4.78 is 24.8.